The van der Waals surface area contributed by atoms with Gasteiger partial charge in [-0.15, -0.1) is 0 Å². The van der Waals surface area contributed by atoms with Crippen LogP contribution in [-0.2, 0) is 16.0 Å². The molecule has 0 aromatic heterocycles. The molecule has 126 valence electrons. The topological polar surface area (TPSA) is 75.4 Å². The van der Waals surface area contributed by atoms with Crippen molar-refractivity contribution in [1.82, 2.24) is 5.32 Å². The first kappa shape index (κ1) is 17.5. The number of hydrogen-bond acceptors (Lipinski definition) is 3. The second kappa shape index (κ2) is 8.11. The molecular formula is C18H27N3O2. The lowest BCUT2D eigenvalue weighted by atomic mass is 10.1. The van der Waals surface area contributed by atoms with Crippen molar-refractivity contribution in [2.45, 2.75) is 52.0 Å². The predicted molar refractivity (Wildman–Crippen MR) is 92.4 cm³/mol. The molecule has 1 heterocycles. The SMILES string of the molecule is CCCCNC(=O)[C@@H]1Cc2cc(C)ccc2N1C(=O)CCCN. The molecule has 0 saturated heterocycles. The summed E-state index contributed by atoms with van der Waals surface area (Å²) in [6, 6.07) is 5.57. The maximum Gasteiger partial charge on any atom is 0.243 e. The normalized spacial score (nSPS) is 16.3. The van der Waals surface area contributed by atoms with Gasteiger partial charge in [0.15, 0.2) is 0 Å². The number of amides is 2. The van der Waals surface area contributed by atoms with E-state index in [0.29, 0.717) is 32.4 Å². The van der Waals surface area contributed by atoms with Crippen LogP contribution in [-0.4, -0.2) is 30.9 Å². The molecule has 5 nitrogen and oxygen atoms in total. The number of nitrogens with one attached hydrogen (secondary N) is 1. The molecule has 0 unspecified atom stereocenters. The van der Waals surface area contributed by atoms with Gasteiger partial charge in [-0.3, -0.25) is 14.5 Å². The number of nitrogens with two attached hydrogens (primary N) is 1. The third kappa shape index (κ3) is 4.10. The first-order valence-electron chi connectivity index (χ1n) is 8.47. The lowest BCUT2D eigenvalue weighted by Gasteiger charge is -2.25. The summed E-state index contributed by atoms with van der Waals surface area (Å²) >= 11 is 0. The number of benzene rings is 1. The molecule has 0 spiro atoms. The molecule has 3 N–H and O–H groups in total. The van der Waals surface area contributed by atoms with E-state index in [9.17, 15) is 9.59 Å². The summed E-state index contributed by atoms with van der Waals surface area (Å²) in [6.07, 6.45) is 3.59. The second-order valence-electron chi connectivity index (χ2n) is 6.15. The van der Waals surface area contributed by atoms with Gasteiger partial charge in [-0.05, 0) is 37.9 Å². The van der Waals surface area contributed by atoms with Gasteiger partial charge in [0, 0.05) is 25.1 Å². The van der Waals surface area contributed by atoms with E-state index in [2.05, 4.69) is 18.3 Å². The van der Waals surface area contributed by atoms with Gasteiger partial charge < -0.3 is 11.1 Å². The van der Waals surface area contributed by atoms with Crippen LogP contribution in [0.25, 0.3) is 0 Å². The Hall–Kier alpha value is -1.88. The fourth-order valence-corrected chi connectivity index (χ4v) is 2.98. The van der Waals surface area contributed by atoms with Crippen LogP contribution < -0.4 is 16.0 Å². The zero-order chi connectivity index (χ0) is 16.8. The number of carbonyl (C=O) groups excluding carboxylic acids is 2. The summed E-state index contributed by atoms with van der Waals surface area (Å²) in [5.74, 6) is -0.0814. The molecular weight excluding hydrogens is 290 g/mol. The van der Waals surface area contributed by atoms with E-state index in [4.69, 9.17) is 5.73 Å². The molecule has 0 radical (unpaired) electrons. The average Bonchev–Trinajstić information content (AvgIpc) is 2.91. The minimum absolute atomic E-state index is 0.0197. The Morgan fingerprint density at radius 2 is 2.13 bits per heavy atom. The van der Waals surface area contributed by atoms with Crippen LogP contribution in [0.1, 0.15) is 43.7 Å². The molecule has 0 aliphatic carbocycles. The highest BCUT2D eigenvalue weighted by atomic mass is 16.2. The second-order valence-corrected chi connectivity index (χ2v) is 6.15. The molecule has 5 heteroatoms. The van der Waals surface area contributed by atoms with Gasteiger partial charge >= 0.3 is 0 Å². The van der Waals surface area contributed by atoms with E-state index >= 15 is 0 Å². The summed E-state index contributed by atoms with van der Waals surface area (Å²) < 4.78 is 0. The van der Waals surface area contributed by atoms with Crippen molar-refractivity contribution in [3.8, 4) is 0 Å². The Bertz CT molecular complexity index is 571. The minimum Gasteiger partial charge on any atom is -0.354 e. The summed E-state index contributed by atoms with van der Waals surface area (Å²) in [6.45, 7) is 5.25. The molecule has 1 aromatic rings. The van der Waals surface area contributed by atoms with Crippen LogP contribution in [0.5, 0.6) is 0 Å². The van der Waals surface area contributed by atoms with Crippen molar-refractivity contribution in [3.63, 3.8) is 0 Å². The van der Waals surface area contributed by atoms with Crippen LogP contribution >= 0.6 is 0 Å². The number of fused-ring (bicyclic) bond motifs is 1. The van der Waals surface area contributed by atoms with Gasteiger partial charge in [0.1, 0.15) is 6.04 Å². The van der Waals surface area contributed by atoms with Crippen LogP contribution in [0.2, 0.25) is 0 Å². The highest BCUT2D eigenvalue weighted by molar-refractivity contribution is 6.03. The number of nitrogens with zero attached hydrogens (tertiary/aromatic N) is 1. The highest BCUT2D eigenvalue weighted by Gasteiger charge is 2.37. The molecule has 23 heavy (non-hydrogen) atoms. The van der Waals surface area contributed by atoms with Crippen LogP contribution in [0.3, 0.4) is 0 Å². The number of anilines is 1. The van der Waals surface area contributed by atoms with Crippen LogP contribution in [0, 0.1) is 6.92 Å². The first-order valence-corrected chi connectivity index (χ1v) is 8.47. The molecule has 1 aliphatic heterocycles. The number of carbonyl (C=O) groups is 2. The largest absolute Gasteiger partial charge is 0.354 e. The third-order valence-corrected chi connectivity index (χ3v) is 4.22. The van der Waals surface area contributed by atoms with Gasteiger partial charge in [-0.25, -0.2) is 0 Å². The summed E-state index contributed by atoms with van der Waals surface area (Å²) in [4.78, 5) is 26.8. The van der Waals surface area contributed by atoms with E-state index in [1.165, 1.54) is 0 Å². The molecule has 0 bridgehead atoms. The Balaban J connectivity index is 2.19. The quantitative estimate of drug-likeness (QED) is 0.754. The highest BCUT2D eigenvalue weighted by Crippen LogP contribution is 2.33. The minimum atomic E-state index is -0.436. The van der Waals surface area contributed by atoms with Crippen molar-refractivity contribution >= 4 is 17.5 Å². The summed E-state index contributed by atoms with van der Waals surface area (Å²) in [5, 5.41) is 2.96. The average molecular weight is 317 g/mol. The fourth-order valence-electron chi connectivity index (χ4n) is 2.98. The fraction of sp³-hybridized carbons (Fsp3) is 0.556. The zero-order valence-electron chi connectivity index (χ0n) is 14.1. The molecule has 1 aliphatic rings. The lowest BCUT2D eigenvalue weighted by Crippen LogP contribution is -2.48. The van der Waals surface area contributed by atoms with Gasteiger partial charge in [-0.2, -0.15) is 0 Å². The monoisotopic (exact) mass is 317 g/mol. The smallest absolute Gasteiger partial charge is 0.243 e. The summed E-state index contributed by atoms with van der Waals surface area (Å²) in [5.41, 5.74) is 8.60. The van der Waals surface area contributed by atoms with Crippen LogP contribution in [0.4, 0.5) is 5.69 Å². The lowest BCUT2D eigenvalue weighted by molar-refractivity contribution is -0.126. The number of rotatable bonds is 7. The maximum absolute atomic E-state index is 12.6. The molecule has 0 fully saturated rings. The summed E-state index contributed by atoms with van der Waals surface area (Å²) in [7, 11) is 0. The van der Waals surface area contributed by atoms with E-state index < -0.39 is 6.04 Å². The third-order valence-electron chi connectivity index (χ3n) is 4.22. The maximum atomic E-state index is 12.6. The van der Waals surface area contributed by atoms with Gasteiger partial charge in [-0.1, -0.05) is 31.0 Å². The van der Waals surface area contributed by atoms with Gasteiger partial charge in [0.25, 0.3) is 0 Å². The Kier molecular flexibility index (Phi) is 6.16. The Morgan fingerprint density at radius 3 is 2.83 bits per heavy atom. The Labute approximate surface area is 138 Å². The molecule has 2 amide bonds. The van der Waals surface area contributed by atoms with E-state index in [0.717, 1.165) is 29.7 Å². The molecule has 1 atom stereocenters. The predicted octanol–water partition coefficient (Wildman–Crippen LogP) is 1.91. The number of hydrogen-bond donors (Lipinski definition) is 2. The van der Waals surface area contributed by atoms with Crippen LogP contribution in [0.15, 0.2) is 18.2 Å². The van der Waals surface area contributed by atoms with Gasteiger partial charge in [0.2, 0.25) is 11.8 Å². The molecule has 0 saturated carbocycles. The first-order chi connectivity index (χ1) is 11.1. The van der Waals surface area contributed by atoms with Gasteiger partial charge in [0.05, 0.1) is 0 Å². The Morgan fingerprint density at radius 1 is 1.35 bits per heavy atom. The van der Waals surface area contributed by atoms with Crippen molar-refractivity contribution in [1.29, 1.82) is 0 Å². The standard InChI is InChI=1S/C18H27N3O2/c1-3-4-10-20-18(23)16-12-14-11-13(2)7-8-15(14)21(16)17(22)6-5-9-19/h7-8,11,16H,3-6,9-10,12,19H2,1-2H3,(H,20,23)/t16-/m0/s1. The van der Waals surface area contributed by atoms with Crippen molar-refractivity contribution in [2.24, 2.45) is 5.73 Å². The van der Waals surface area contributed by atoms with E-state index in [1.807, 2.05) is 19.1 Å². The number of unbranched alkanes of at least 4 members (excludes halogenated alkanes) is 1. The van der Waals surface area contributed by atoms with E-state index in [-0.39, 0.29) is 11.8 Å². The van der Waals surface area contributed by atoms with E-state index in [1.54, 1.807) is 4.90 Å². The van der Waals surface area contributed by atoms with Crippen molar-refractivity contribution in [2.75, 3.05) is 18.0 Å². The van der Waals surface area contributed by atoms with Crippen molar-refractivity contribution < 1.29 is 9.59 Å². The number of aryl methyl sites for hydroxylation is 1. The zero-order valence-corrected chi connectivity index (χ0v) is 14.1. The van der Waals surface area contributed by atoms with Crippen molar-refractivity contribution in [3.05, 3.63) is 29.3 Å². The molecule has 1 aromatic carbocycles. The molecule has 2 rings (SSSR count).